The van der Waals surface area contributed by atoms with Gasteiger partial charge in [-0.3, -0.25) is 0 Å². The van der Waals surface area contributed by atoms with E-state index in [1.807, 2.05) is 0 Å². The third-order valence-electron chi connectivity index (χ3n) is 2.61. The van der Waals surface area contributed by atoms with E-state index in [-0.39, 0.29) is 0 Å². The topological polar surface area (TPSA) is 46.2 Å². The van der Waals surface area contributed by atoms with Crippen molar-refractivity contribution < 1.29 is 5.11 Å². The molecule has 1 atom stereocenters. The molecule has 2 rings (SSSR count). The van der Waals surface area contributed by atoms with Crippen molar-refractivity contribution in [2.75, 3.05) is 6.54 Å². The van der Waals surface area contributed by atoms with E-state index in [0.717, 1.165) is 18.4 Å². The molecule has 66 valence electrons. The van der Waals surface area contributed by atoms with Crippen molar-refractivity contribution in [3.05, 3.63) is 21.9 Å². The van der Waals surface area contributed by atoms with Crippen LogP contribution in [0.4, 0.5) is 0 Å². The highest BCUT2D eigenvalue weighted by Crippen LogP contribution is 2.40. The zero-order valence-corrected chi connectivity index (χ0v) is 7.73. The molecule has 0 amide bonds. The van der Waals surface area contributed by atoms with Gasteiger partial charge in [0.1, 0.15) is 0 Å². The molecule has 0 saturated heterocycles. The summed E-state index contributed by atoms with van der Waals surface area (Å²) in [4.78, 5) is 0. The summed E-state index contributed by atoms with van der Waals surface area (Å²) >= 11 is 1.67. The minimum atomic E-state index is -0.607. The molecule has 1 heterocycles. The van der Waals surface area contributed by atoms with Gasteiger partial charge in [-0.2, -0.15) is 11.3 Å². The van der Waals surface area contributed by atoms with Gasteiger partial charge in [0.15, 0.2) is 0 Å². The quantitative estimate of drug-likeness (QED) is 0.724. The molecule has 1 aliphatic rings. The Bertz CT molecular complexity index is 284. The first-order valence-corrected chi connectivity index (χ1v) is 5.18. The Hall–Kier alpha value is -0.380. The maximum atomic E-state index is 10.2. The summed E-state index contributed by atoms with van der Waals surface area (Å²) in [5.74, 6) is 0. The summed E-state index contributed by atoms with van der Waals surface area (Å²) < 4.78 is 0. The number of hydrogen-bond donors (Lipinski definition) is 2. The largest absolute Gasteiger partial charge is 0.385 e. The maximum absolute atomic E-state index is 10.2. The normalized spacial score (nSPS) is 27.5. The van der Waals surface area contributed by atoms with Gasteiger partial charge in [-0.25, -0.2) is 0 Å². The van der Waals surface area contributed by atoms with Crippen molar-refractivity contribution in [1.29, 1.82) is 0 Å². The van der Waals surface area contributed by atoms with Gasteiger partial charge < -0.3 is 10.8 Å². The zero-order valence-electron chi connectivity index (χ0n) is 6.92. The SMILES string of the molecule is NCCC1(O)CCc2cscc21. The molecule has 1 aliphatic carbocycles. The molecule has 2 nitrogen and oxygen atoms in total. The second-order valence-electron chi connectivity index (χ2n) is 3.38. The van der Waals surface area contributed by atoms with Gasteiger partial charge in [-0.05, 0) is 47.7 Å². The third-order valence-corrected chi connectivity index (χ3v) is 3.40. The summed E-state index contributed by atoms with van der Waals surface area (Å²) in [6.07, 6.45) is 2.55. The van der Waals surface area contributed by atoms with E-state index in [2.05, 4.69) is 10.8 Å². The van der Waals surface area contributed by atoms with Gasteiger partial charge in [0, 0.05) is 0 Å². The van der Waals surface area contributed by atoms with Crippen molar-refractivity contribution >= 4 is 11.3 Å². The molecule has 0 aliphatic heterocycles. The lowest BCUT2D eigenvalue weighted by atomic mass is 9.95. The van der Waals surface area contributed by atoms with Crippen molar-refractivity contribution in [2.24, 2.45) is 5.73 Å². The minimum absolute atomic E-state index is 0.561. The molecule has 0 saturated carbocycles. The summed E-state index contributed by atoms with van der Waals surface area (Å²) in [7, 11) is 0. The Morgan fingerprint density at radius 2 is 2.42 bits per heavy atom. The van der Waals surface area contributed by atoms with E-state index < -0.39 is 5.60 Å². The Morgan fingerprint density at radius 3 is 3.17 bits per heavy atom. The van der Waals surface area contributed by atoms with Crippen LogP contribution in [0.1, 0.15) is 24.0 Å². The highest BCUT2D eigenvalue weighted by Gasteiger charge is 2.36. The molecular weight excluding hydrogens is 170 g/mol. The highest BCUT2D eigenvalue weighted by atomic mass is 32.1. The average Bonchev–Trinajstić information content (AvgIpc) is 2.57. The lowest BCUT2D eigenvalue weighted by molar-refractivity contribution is 0.0323. The van der Waals surface area contributed by atoms with E-state index in [0.29, 0.717) is 13.0 Å². The molecular formula is C9H13NOS. The molecule has 1 aromatic rings. The van der Waals surface area contributed by atoms with E-state index in [1.54, 1.807) is 11.3 Å². The second kappa shape index (κ2) is 2.83. The standard InChI is InChI=1S/C9H13NOS/c10-4-3-9(11)2-1-7-5-12-6-8(7)9/h5-6,11H,1-4,10H2. The molecule has 12 heavy (non-hydrogen) atoms. The number of rotatable bonds is 2. The Balaban J connectivity index is 2.31. The fourth-order valence-corrected chi connectivity index (χ4v) is 2.88. The van der Waals surface area contributed by atoms with Crippen LogP contribution in [0.5, 0.6) is 0 Å². The molecule has 0 spiro atoms. The molecule has 0 fully saturated rings. The number of aryl methyl sites for hydroxylation is 1. The number of hydrogen-bond acceptors (Lipinski definition) is 3. The van der Waals surface area contributed by atoms with E-state index in [4.69, 9.17) is 5.73 Å². The van der Waals surface area contributed by atoms with E-state index in [1.165, 1.54) is 5.56 Å². The predicted molar refractivity (Wildman–Crippen MR) is 50.2 cm³/mol. The summed E-state index contributed by atoms with van der Waals surface area (Å²) in [5.41, 5.74) is 7.29. The van der Waals surface area contributed by atoms with Crippen LogP contribution in [-0.2, 0) is 12.0 Å². The minimum Gasteiger partial charge on any atom is -0.385 e. The average molecular weight is 183 g/mol. The summed E-state index contributed by atoms with van der Waals surface area (Å²) in [6, 6.07) is 0. The fraction of sp³-hybridized carbons (Fsp3) is 0.556. The first-order valence-electron chi connectivity index (χ1n) is 4.24. The molecule has 3 heteroatoms. The second-order valence-corrected chi connectivity index (χ2v) is 4.12. The molecule has 0 aromatic carbocycles. The van der Waals surface area contributed by atoms with Gasteiger partial charge >= 0.3 is 0 Å². The number of thiophene rings is 1. The third kappa shape index (κ3) is 1.09. The zero-order chi connectivity index (χ0) is 8.60. The van der Waals surface area contributed by atoms with E-state index in [9.17, 15) is 5.11 Å². The van der Waals surface area contributed by atoms with Crippen LogP contribution >= 0.6 is 11.3 Å². The van der Waals surface area contributed by atoms with Crippen molar-refractivity contribution in [2.45, 2.75) is 24.9 Å². The van der Waals surface area contributed by atoms with Crippen molar-refractivity contribution in [1.82, 2.24) is 0 Å². The van der Waals surface area contributed by atoms with Gasteiger partial charge in [0.05, 0.1) is 5.60 Å². The highest BCUT2D eigenvalue weighted by molar-refractivity contribution is 7.08. The van der Waals surface area contributed by atoms with Crippen LogP contribution in [0, 0.1) is 0 Å². The summed E-state index contributed by atoms with van der Waals surface area (Å²) in [5, 5.41) is 14.3. The van der Waals surface area contributed by atoms with Crippen LogP contribution in [0.3, 0.4) is 0 Å². The molecule has 3 N–H and O–H groups in total. The molecule has 0 bridgehead atoms. The Kier molecular flexibility index (Phi) is 1.94. The van der Waals surface area contributed by atoms with Gasteiger partial charge in [0.25, 0.3) is 0 Å². The maximum Gasteiger partial charge on any atom is 0.0922 e. The lowest BCUT2D eigenvalue weighted by Crippen LogP contribution is -2.25. The number of fused-ring (bicyclic) bond motifs is 1. The van der Waals surface area contributed by atoms with Crippen LogP contribution in [-0.4, -0.2) is 11.7 Å². The van der Waals surface area contributed by atoms with Crippen LogP contribution in [0.2, 0.25) is 0 Å². The van der Waals surface area contributed by atoms with Gasteiger partial charge in [0.2, 0.25) is 0 Å². The predicted octanol–water partition coefficient (Wildman–Crippen LogP) is 1.23. The molecule has 1 aromatic heterocycles. The van der Waals surface area contributed by atoms with Crippen molar-refractivity contribution in [3.8, 4) is 0 Å². The van der Waals surface area contributed by atoms with Crippen LogP contribution < -0.4 is 5.73 Å². The monoisotopic (exact) mass is 183 g/mol. The molecule has 0 radical (unpaired) electrons. The van der Waals surface area contributed by atoms with Crippen molar-refractivity contribution in [3.63, 3.8) is 0 Å². The lowest BCUT2D eigenvalue weighted by Gasteiger charge is -2.21. The first-order chi connectivity index (χ1) is 5.76. The molecule has 1 unspecified atom stereocenters. The smallest absolute Gasteiger partial charge is 0.0922 e. The van der Waals surface area contributed by atoms with Crippen LogP contribution in [0.25, 0.3) is 0 Å². The summed E-state index contributed by atoms with van der Waals surface area (Å²) in [6.45, 7) is 0.561. The Labute approximate surface area is 76.0 Å². The van der Waals surface area contributed by atoms with Gasteiger partial charge in [-0.15, -0.1) is 0 Å². The van der Waals surface area contributed by atoms with Crippen LogP contribution in [0.15, 0.2) is 10.8 Å². The van der Waals surface area contributed by atoms with Gasteiger partial charge in [-0.1, -0.05) is 0 Å². The number of aliphatic hydroxyl groups is 1. The fourth-order valence-electron chi connectivity index (χ4n) is 1.90. The van der Waals surface area contributed by atoms with E-state index >= 15 is 0 Å². The Morgan fingerprint density at radius 1 is 1.58 bits per heavy atom. The number of nitrogens with two attached hydrogens (primary N) is 1. The first kappa shape index (κ1) is 8.23.